The molecule has 0 N–H and O–H groups in total. The summed E-state index contributed by atoms with van der Waals surface area (Å²) in [4.78, 5) is 4.48. The number of para-hydroxylation sites is 2. The third-order valence-electron chi connectivity index (χ3n) is 6.22. The first-order chi connectivity index (χ1) is 16.7. The molecular weight excluding hydrogens is 420 g/mol. The van der Waals surface area contributed by atoms with E-state index in [0.717, 1.165) is 24.6 Å². The van der Waals surface area contributed by atoms with Gasteiger partial charge in [0.25, 0.3) is 0 Å². The Hall–Kier alpha value is -3.92. The van der Waals surface area contributed by atoms with E-state index in [1.807, 2.05) is 24.3 Å². The lowest BCUT2D eigenvalue weighted by Gasteiger charge is -2.30. The van der Waals surface area contributed by atoms with E-state index >= 15 is 0 Å². The monoisotopic (exact) mass is 450 g/mol. The molecule has 0 radical (unpaired) electrons. The molecule has 2 heterocycles. The van der Waals surface area contributed by atoms with E-state index in [-0.39, 0.29) is 0 Å². The number of hydrogen-bond acceptors (Lipinski definition) is 4. The Morgan fingerprint density at radius 1 is 0.500 bits per heavy atom. The summed E-state index contributed by atoms with van der Waals surface area (Å²) in [6, 6.07) is 33.6. The van der Waals surface area contributed by atoms with Gasteiger partial charge in [-0.1, -0.05) is 71.8 Å². The zero-order valence-corrected chi connectivity index (χ0v) is 19.8. The van der Waals surface area contributed by atoms with Gasteiger partial charge in [0.2, 0.25) is 0 Å². The Kier molecular flexibility index (Phi) is 6.39. The van der Waals surface area contributed by atoms with Crippen LogP contribution in [0.5, 0.6) is 11.5 Å². The van der Waals surface area contributed by atoms with Crippen LogP contribution in [-0.2, 0) is 13.1 Å². The van der Waals surface area contributed by atoms with Crippen molar-refractivity contribution in [2.75, 3.05) is 23.3 Å². The van der Waals surface area contributed by atoms with Crippen LogP contribution in [0.1, 0.15) is 22.3 Å². The topological polar surface area (TPSA) is 24.9 Å². The fourth-order valence-corrected chi connectivity index (χ4v) is 4.19. The minimum atomic E-state index is 0.625. The molecule has 2 aliphatic rings. The second-order valence-electron chi connectivity index (χ2n) is 8.83. The van der Waals surface area contributed by atoms with Crippen LogP contribution in [0.15, 0.2) is 97.1 Å². The second-order valence-corrected chi connectivity index (χ2v) is 8.83. The van der Waals surface area contributed by atoms with Crippen molar-refractivity contribution >= 4 is 11.4 Å². The van der Waals surface area contributed by atoms with Crippen LogP contribution in [0.2, 0.25) is 0 Å². The average Bonchev–Trinajstić information content (AvgIpc) is 2.89. The van der Waals surface area contributed by atoms with E-state index in [9.17, 15) is 0 Å². The maximum Gasteiger partial charge on any atom is 0.161 e. The minimum absolute atomic E-state index is 0.625. The van der Waals surface area contributed by atoms with Gasteiger partial charge in [-0.05, 0) is 50.2 Å². The van der Waals surface area contributed by atoms with Gasteiger partial charge in [0.15, 0.2) is 13.5 Å². The maximum absolute atomic E-state index is 5.75. The van der Waals surface area contributed by atoms with Gasteiger partial charge in [0, 0.05) is 35.6 Å². The minimum Gasteiger partial charge on any atom is -0.473 e. The van der Waals surface area contributed by atoms with Crippen molar-refractivity contribution in [2.24, 2.45) is 0 Å². The predicted octanol–water partition coefficient (Wildman–Crippen LogP) is 6.70. The van der Waals surface area contributed by atoms with Gasteiger partial charge < -0.3 is 19.3 Å². The van der Waals surface area contributed by atoms with Crippen molar-refractivity contribution < 1.29 is 9.47 Å². The molecule has 0 aliphatic carbocycles. The van der Waals surface area contributed by atoms with Crippen LogP contribution in [-0.4, -0.2) is 13.5 Å². The molecule has 0 fully saturated rings. The van der Waals surface area contributed by atoms with Gasteiger partial charge in [0.1, 0.15) is 11.5 Å². The molecule has 0 saturated heterocycles. The molecule has 0 spiro atoms. The van der Waals surface area contributed by atoms with E-state index in [1.165, 1.54) is 33.6 Å². The van der Waals surface area contributed by atoms with Gasteiger partial charge in [0.05, 0.1) is 0 Å². The van der Waals surface area contributed by atoms with Gasteiger partial charge >= 0.3 is 0 Å². The zero-order valence-electron chi connectivity index (χ0n) is 19.8. The van der Waals surface area contributed by atoms with E-state index in [0.29, 0.717) is 13.5 Å². The van der Waals surface area contributed by atoms with Crippen molar-refractivity contribution in [1.29, 1.82) is 0 Å². The highest BCUT2D eigenvalue weighted by atomic mass is 16.5. The number of ether oxygens (including phenoxy) is 2. The fraction of sp³-hybridized carbons (Fsp3) is 0.200. The van der Waals surface area contributed by atoms with E-state index in [1.54, 1.807) is 0 Å². The lowest BCUT2D eigenvalue weighted by molar-refractivity contribution is 0.289. The summed E-state index contributed by atoms with van der Waals surface area (Å²) in [5.41, 5.74) is 7.49. The normalized spacial score (nSPS) is 14.1. The highest BCUT2D eigenvalue weighted by molar-refractivity contribution is 5.51. The maximum atomic E-state index is 5.75. The van der Waals surface area contributed by atoms with Gasteiger partial charge in [-0.2, -0.15) is 0 Å². The molecule has 172 valence electrons. The van der Waals surface area contributed by atoms with E-state index in [4.69, 9.17) is 9.47 Å². The first-order valence-corrected chi connectivity index (χ1v) is 11.7. The Balaban J connectivity index is 0.000000142. The molecule has 0 aromatic heterocycles. The molecule has 4 heteroatoms. The van der Waals surface area contributed by atoms with Crippen LogP contribution in [0.25, 0.3) is 0 Å². The number of rotatable bonds is 2. The Morgan fingerprint density at radius 2 is 0.882 bits per heavy atom. The fourth-order valence-electron chi connectivity index (χ4n) is 4.19. The molecule has 4 nitrogen and oxygen atoms in total. The molecule has 2 aliphatic heterocycles. The van der Waals surface area contributed by atoms with E-state index in [2.05, 4.69) is 96.4 Å². The van der Waals surface area contributed by atoms with Crippen molar-refractivity contribution in [2.45, 2.75) is 26.9 Å². The van der Waals surface area contributed by atoms with Crippen molar-refractivity contribution in [1.82, 2.24) is 0 Å². The van der Waals surface area contributed by atoms with Crippen LogP contribution < -0.4 is 19.3 Å². The molecule has 0 amide bonds. The first-order valence-electron chi connectivity index (χ1n) is 11.7. The Morgan fingerprint density at radius 3 is 1.29 bits per heavy atom. The first kappa shape index (κ1) is 21.9. The number of nitrogens with zero attached hydrogens (tertiary/aromatic N) is 2. The summed E-state index contributed by atoms with van der Waals surface area (Å²) in [7, 11) is 0. The third kappa shape index (κ3) is 5.01. The number of anilines is 2. The Bertz CT molecular complexity index is 1140. The molecule has 6 rings (SSSR count). The van der Waals surface area contributed by atoms with Crippen molar-refractivity contribution in [3.05, 3.63) is 119 Å². The van der Waals surface area contributed by atoms with Crippen LogP contribution in [0.4, 0.5) is 11.4 Å². The smallest absolute Gasteiger partial charge is 0.161 e. The average molecular weight is 451 g/mol. The standard InChI is InChI=1S/2C15H15NO/c2*1-12-6-8-14(9-7-12)16-10-13-4-2-3-5-15(13)17-11-16/h2*2-9H,10-11H2,1H3. The molecule has 0 unspecified atom stereocenters. The van der Waals surface area contributed by atoms with Gasteiger partial charge in [-0.25, -0.2) is 0 Å². The SMILES string of the molecule is Cc1ccc(N2COc3ccccc3C2)cc1.Cc1ccc(N2COc3ccccc3C2)cc1. The number of fused-ring (bicyclic) bond motifs is 2. The van der Waals surface area contributed by atoms with Gasteiger partial charge in [-0.15, -0.1) is 0 Å². The predicted molar refractivity (Wildman–Crippen MR) is 139 cm³/mol. The van der Waals surface area contributed by atoms with Crippen LogP contribution in [0.3, 0.4) is 0 Å². The molecule has 0 saturated carbocycles. The number of benzene rings is 4. The van der Waals surface area contributed by atoms with Crippen molar-refractivity contribution in [3.8, 4) is 11.5 Å². The largest absolute Gasteiger partial charge is 0.473 e. The zero-order chi connectivity index (χ0) is 23.3. The molecule has 34 heavy (non-hydrogen) atoms. The molecule has 0 bridgehead atoms. The molecule has 4 aromatic rings. The lowest BCUT2D eigenvalue weighted by atomic mass is 10.1. The lowest BCUT2D eigenvalue weighted by Crippen LogP contribution is -2.31. The summed E-state index contributed by atoms with van der Waals surface area (Å²) in [6.45, 7) is 7.29. The van der Waals surface area contributed by atoms with Crippen molar-refractivity contribution in [3.63, 3.8) is 0 Å². The van der Waals surface area contributed by atoms with E-state index < -0.39 is 0 Å². The number of aryl methyl sites for hydroxylation is 2. The summed E-state index contributed by atoms with van der Waals surface area (Å²) in [6.07, 6.45) is 0. The Labute approximate surface area is 202 Å². The highest BCUT2D eigenvalue weighted by Crippen LogP contribution is 2.29. The number of hydrogen-bond donors (Lipinski definition) is 0. The molecule has 0 atom stereocenters. The summed E-state index contributed by atoms with van der Waals surface area (Å²) in [5, 5.41) is 0. The van der Waals surface area contributed by atoms with Crippen LogP contribution >= 0.6 is 0 Å². The summed E-state index contributed by atoms with van der Waals surface area (Å²) < 4.78 is 11.5. The molecular formula is C30H30N2O2. The summed E-state index contributed by atoms with van der Waals surface area (Å²) >= 11 is 0. The third-order valence-corrected chi connectivity index (χ3v) is 6.22. The quantitative estimate of drug-likeness (QED) is 0.339. The second kappa shape index (κ2) is 9.92. The van der Waals surface area contributed by atoms with Crippen LogP contribution in [0, 0.1) is 13.8 Å². The van der Waals surface area contributed by atoms with Gasteiger partial charge in [-0.3, -0.25) is 0 Å². The summed E-state index contributed by atoms with van der Waals surface area (Å²) in [5.74, 6) is 2.02. The highest BCUT2D eigenvalue weighted by Gasteiger charge is 2.17. The molecule has 4 aromatic carbocycles.